The predicted molar refractivity (Wildman–Crippen MR) is 74.6 cm³/mol. The van der Waals surface area contributed by atoms with Gasteiger partial charge in [0, 0.05) is 24.5 Å². The minimum absolute atomic E-state index is 0.247. The molecule has 1 aliphatic rings. The van der Waals surface area contributed by atoms with Crippen molar-refractivity contribution in [3.05, 3.63) is 18.5 Å². The molecule has 2 rings (SSSR count). The molecule has 2 unspecified atom stereocenters. The van der Waals surface area contributed by atoms with Crippen molar-refractivity contribution >= 4 is 5.95 Å². The smallest absolute Gasteiger partial charge is 0.222 e. The van der Waals surface area contributed by atoms with E-state index in [4.69, 9.17) is 0 Å². The van der Waals surface area contributed by atoms with Crippen LogP contribution in [0.2, 0.25) is 0 Å². The molecule has 1 heterocycles. The quantitative estimate of drug-likeness (QED) is 0.888. The van der Waals surface area contributed by atoms with Crippen LogP contribution in [0.1, 0.15) is 32.6 Å². The highest BCUT2D eigenvalue weighted by atomic mass is 15.2. The molecule has 2 atom stereocenters. The van der Waals surface area contributed by atoms with Gasteiger partial charge in [0.25, 0.3) is 0 Å². The van der Waals surface area contributed by atoms with Gasteiger partial charge in [0.1, 0.15) is 0 Å². The summed E-state index contributed by atoms with van der Waals surface area (Å²) in [4.78, 5) is 10.8. The average Bonchev–Trinajstić information content (AvgIpc) is 2.37. The molecule has 0 aliphatic heterocycles. The lowest BCUT2D eigenvalue weighted by molar-refractivity contribution is 0.0881. The summed E-state index contributed by atoms with van der Waals surface area (Å²) in [6.45, 7) is 3.28. The number of nitrogens with one attached hydrogen (secondary N) is 1. The Kier molecular flexibility index (Phi) is 4.17. The molecular formula is C14H24N4. The summed E-state index contributed by atoms with van der Waals surface area (Å²) < 4.78 is 0. The lowest BCUT2D eigenvalue weighted by atomic mass is 9.75. The maximum absolute atomic E-state index is 4.23. The summed E-state index contributed by atoms with van der Waals surface area (Å²) in [5.41, 5.74) is 0.247. The van der Waals surface area contributed by atoms with Gasteiger partial charge in [-0.15, -0.1) is 0 Å². The largest absolute Gasteiger partial charge is 0.352 e. The Bertz CT molecular complexity index is 365. The van der Waals surface area contributed by atoms with Crippen LogP contribution in [0.5, 0.6) is 0 Å². The van der Waals surface area contributed by atoms with Gasteiger partial charge in [-0.2, -0.15) is 0 Å². The molecule has 18 heavy (non-hydrogen) atoms. The lowest BCUT2D eigenvalue weighted by Gasteiger charge is -2.45. The van der Waals surface area contributed by atoms with Crippen molar-refractivity contribution in [1.82, 2.24) is 14.9 Å². The van der Waals surface area contributed by atoms with E-state index in [1.54, 1.807) is 12.4 Å². The van der Waals surface area contributed by atoms with Crippen LogP contribution in [0.15, 0.2) is 18.5 Å². The highest BCUT2D eigenvalue weighted by Crippen LogP contribution is 2.35. The molecule has 100 valence electrons. The molecule has 1 saturated carbocycles. The normalized spacial score (nSPS) is 28.3. The summed E-state index contributed by atoms with van der Waals surface area (Å²) in [5, 5.41) is 3.39. The molecule has 1 N–H and O–H groups in total. The van der Waals surface area contributed by atoms with E-state index >= 15 is 0 Å². The zero-order chi connectivity index (χ0) is 13.0. The maximum Gasteiger partial charge on any atom is 0.222 e. The summed E-state index contributed by atoms with van der Waals surface area (Å²) >= 11 is 0. The lowest BCUT2D eigenvalue weighted by Crippen LogP contribution is -2.52. The summed E-state index contributed by atoms with van der Waals surface area (Å²) in [5.74, 6) is 1.54. The molecule has 1 aromatic heterocycles. The standard InChI is InChI=1S/C14H24N4/c1-12-6-4-7-14(10-12,18(2)3)11-17-13-15-8-5-9-16-13/h5,8-9,12H,4,6-7,10-11H2,1-3H3,(H,15,16,17). The third kappa shape index (κ3) is 2.99. The fourth-order valence-corrected chi connectivity index (χ4v) is 2.99. The van der Waals surface area contributed by atoms with Crippen molar-refractivity contribution in [3.63, 3.8) is 0 Å². The van der Waals surface area contributed by atoms with Crippen LogP contribution >= 0.6 is 0 Å². The van der Waals surface area contributed by atoms with Crippen LogP contribution < -0.4 is 5.32 Å². The van der Waals surface area contributed by atoms with Gasteiger partial charge in [-0.05, 0) is 38.9 Å². The first-order valence-electron chi connectivity index (χ1n) is 6.81. The van der Waals surface area contributed by atoms with Gasteiger partial charge >= 0.3 is 0 Å². The van der Waals surface area contributed by atoms with Gasteiger partial charge in [0.2, 0.25) is 5.95 Å². The summed E-state index contributed by atoms with van der Waals surface area (Å²) in [6.07, 6.45) is 8.74. The summed E-state index contributed by atoms with van der Waals surface area (Å²) in [7, 11) is 4.37. The maximum atomic E-state index is 4.23. The Balaban J connectivity index is 2.02. The molecule has 0 saturated heterocycles. The van der Waals surface area contributed by atoms with Crippen molar-refractivity contribution in [2.45, 2.75) is 38.1 Å². The zero-order valence-corrected chi connectivity index (χ0v) is 11.7. The number of likely N-dealkylation sites (N-methyl/N-ethyl adjacent to an activating group) is 1. The molecule has 0 spiro atoms. The molecule has 4 nitrogen and oxygen atoms in total. The molecule has 0 radical (unpaired) electrons. The molecule has 0 aromatic carbocycles. The van der Waals surface area contributed by atoms with E-state index in [2.05, 4.69) is 41.2 Å². The van der Waals surface area contributed by atoms with E-state index < -0.39 is 0 Å². The van der Waals surface area contributed by atoms with Crippen LogP contribution in [0, 0.1) is 5.92 Å². The molecule has 1 aromatic rings. The second kappa shape index (κ2) is 5.65. The third-order valence-electron chi connectivity index (χ3n) is 4.16. The Morgan fingerprint density at radius 1 is 1.39 bits per heavy atom. The van der Waals surface area contributed by atoms with Crippen molar-refractivity contribution in [1.29, 1.82) is 0 Å². The van der Waals surface area contributed by atoms with Crippen LogP contribution in [-0.2, 0) is 0 Å². The Hall–Kier alpha value is -1.16. The SMILES string of the molecule is CC1CCCC(CNc2ncccn2)(N(C)C)C1. The Labute approximate surface area is 110 Å². The minimum atomic E-state index is 0.247. The second-order valence-corrected chi connectivity index (χ2v) is 5.75. The molecule has 4 heteroatoms. The fourth-order valence-electron chi connectivity index (χ4n) is 2.99. The monoisotopic (exact) mass is 248 g/mol. The number of aromatic nitrogens is 2. The zero-order valence-electron chi connectivity index (χ0n) is 11.7. The van der Waals surface area contributed by atoms with Crippen molar-refractivity contribution in [3.8, 4) is 0 Å². The number of hydrogen-bond donors (Lipinski definition) is 1. The molecular weight excluding hydrogens is 224 g/mol. The molecule has 1 fully saturated rings. The first-order valence-corrected chi connectivity index (χ1v) is 6.81. The van der Waals surface area contributed by atoms with Gasteiger partial charge < -0.3 is 10.2 Å². The van der Waals surface area contributed by atoms with E-state index in [9.17, 15) is 0 Å². The second-order valence-electron chi connectivity index (χ2n) is 5.75. The number of anilines is 1. The molecule has 0 bridgehead atoms. The van der Waals surface area contributed by atoms with Crippen LogP contribution in [0.25, 0.3) is 0 Å². The van der Waals surface area contributed by atoms with Crippen LogP contribution in [0.4, 0.5) is 5.95 Å². The van der Waals surface area contributed by atoms with Gasteiger partial charge in [0.15, 0.2) is 0 Å². The van der Waals surface area contributed by atoms with Gasteiger partial charge in [-0.25, -0.2) is 9.97 Å². The highest BCUT2D eigenvalue weighted by molar-refractivity contribution is 5.23. The van der Waals surface area contributed by atoms with Gasteiger partial charge in [0.05, 0.1) is 0 Å². The number of nitrogens with zero attached hydrogens (tertiary/aromatic N) is 3. The van der Waals surface area contributed by atoms with E-state index in [0.29, 0.717) is 0 Å². The third-order valence-corrected chi connectivity index (χ3v) is 4.16. The highest BCUT2D eigenvalue weighted by Gasteiger charge is 2.36. The molecule has 0 amide bonds. The van der Waals surface area contributed by atoms with Crippen molar-refractivity contribution < 1.29 is 0 Å². The number of rotatable bonds is 4. The average molecular weight is 248 g/mol. The first kappa shape index (κ1) is 13.3. The van der Waals surface area contributed by atoms with Crippen molar-refractivity contribution in [2.24, 2.45) is 5.92 Å². The van der Waals surface area contributed by atoms with Crippen molar-refractivity contribution in [2.75, 3.05) is 26.0 Å². The topological polar surface area (TPSA) is 41.1 Å². The minimum Gasteiger partial charge on any atom is -0.352 e. The van der Waals surface area contributed by atoms with Gasteiger partial charge in [-0.1, -0.05) is 19.8 Å². The van der Waals surface area contributed by atoms with Crippen LogP contribution in [-0.4, -0.2) is 41.0 Å². The van der Waals surface area contributed by atoms with Crippen LogP contribution in [0.3, 0.4) is 0 Å². The fraction of sp³-hybridized carbons (Fsp3) is 0.714. The summed E-state index contributed by atoms with van der Waals surface area (Å²) in [6, 6.07) is 1.84. The van der Waals surface area contributed by atoms with E-state index in [0.717, 1.165) is 18.4 Å². The van der Waals surface area contributed by atoms with E-state index in [1.165, 1.54) is 25.7 Å². The Morgan fingerprint density at radius 2 is 2.11 bits per heavy atom. The van der Waals surface area contributed by atoms with E-state index in [1.807, 2.05) is 6.07 Å². The molecule has 1 aliphatic carbocycles. The number of hydrogen-bond acceptors (Lipinski definition) is 4. The Morgan fingerprint density at radius 3 is 2.72 bits per heavy atom. The predicted octanol–water partition coefficient (Wildman–Crippen LogP) is 2.40. The first-order chi connectivity index (χ1) is 8.62. The van der Waals surface area contributed by atoms with E-state index in [-0.39, 0.29) is 5.54 Å². The van der Waals surface area contributed by atoms with Gasteiger partial charge in [-0.3, -0.25) is 0 Å².